The minimum atomic E-state index is 0.304. The summed E-state index contributed by atoms with van der Waals surface area (Å²) in [5.74, 6) is 1.75. The van der Waals surface area contributed by atoms with E-state index in [0.717, 1.165) is 15.9 Å². The zero-order chi connectivity index (χ0) is 13.8. The first-order chi connectivity index (χ1) is 9.15. The Bertz CT molecular complexity index is 554. The standard InChI is InChI=1S/C12H12BrCl2N3O/c1-19-3-2-18-11(7-14)16-17-12(18)8-4-9(13)6-10(15)5-8/h4-6H,2-3,7H2,1H3. The third-order valence-corrected chi connectivity index (χ3v) is 3.50. The molecule has 0 unspecified atom stereocenters. The van der Waals surface area contributed by atoms with Crippen LogP contribution in [-0.4, -0.2) is 28.5 Å². The highest BCUT2D eigenvalue weighted by Gasteiger charge is 2.13. The van der Waals surface area contributed by atoms with Gasteiger partial charge in [-0.3, -0.25) is 0 Å². The van der Waals surface area contributed by atoms with Gasteiger partial charge in [-0.25, -0.2) is 0 Å². The number of rotatable bonds is 5. The lowest BCUT2D eigenvalue weighted by molar-refractivity contribution is 0.187. The van der Waals surface area contributed by atoms with Gasteiger partial charge in [0.05, 0.1) is 12.5 Å². The summed E-state index contributed by atoms with van der Waals surface area (Å²) in [4.78, 5) is 0. The Labute approximate surface area is 129 Å². The Kier molecular flexibility index (Phi) is 5.21. The quantitative estimate of drug-likeness (QED) is 0.758. The van der Waals surface area contributed by atoms with Gasteiger partial charge in [0.15, 0.2) is 5.82 Å². The fourth-order valence-electron chi connectivity index (χ4n) is 1.75. The van der Waals surface area contributed by atoms with E-state index in [-0.39, 0.29) is 0 Å². The van der Waals surface area contributed by atoms with Gasteiger partial charge in [-0.1, -0.05) is 27.5 Å². The van der Waals surface area contributed by atoms with Gasteiger partial charge in [-0.2, -0.15) is 0 Å². The topological polar surface area (TPSA) is 39.9 Å². The SMILES string of the molecule is COCCn1c(CCl)nnc1-c1cc(Cl)cc(Br)c1. The van der Waals surface area contributed by atoms with Gasteiger partial charge < -0.3 is 9.30 Å². The zero-order valence-corrected chi connectivity index (χ0v) is 13.3. The minimum Gasteiger partial charge on any atom is -0.383 e. The van der Waals surface area contributed by atoms with Crippen molar-refractivity contribution in [3.8, 4) is 11.4 Å². The van der Waals surface area contributed by atoms with Crippen molar-refractivity contribution in [3.63, 3.8) is 0 Å². The largest absolute Gasteiger partial charge is 0.383 e. The lowest BCUT2D eigenvalue weighted by Crippen LogP contribution is -2.09. The van der Waals surface area contributed by atoms with E-state index in [9.17, 15) is 0 Å². The summed E-state index contributed by atoms with van der Waals surface area (Å²) in [5, 5.41) is 8.91. The number of ether oxygens (including phenoxy) is 1. The minimum absolute atomic E-state index is 0.304. The number of nitrogens with zero attached hydrogens (tertiary/aromatic N) is 3. The molecule has 0 saturated heterocycles. The maximum Gasteiger partial charge on any atom is 0.164 e. The van der Waals surface area contributed by atoms with E-state index in [0.29, 0.717) is 29.9 Å². The highest BCUT2D eigenvalue weighted by molar-refractivity contribution is 9.10. The van der Waals surface area contributed by atoms with Gasteiger partial charge in [-0.15, -0.1) is 21.8 Å². The molecular weight excluding hydrogens is 353 g/mol. The number of halogens is 3. The van der Waals surface area contributed by atoms with Gasteiger partial charge in [0.1, 0.15) is 5.82 Å². The fraction of sp³-hybridized carbons (Fsp3) is 0.333. The van der Waals surface area contributed by atoms with Crippen molar-refractivity contribution >= 4 is 39.1 Å². The van der Waals surface area contributed by atoms with Crippen molar-refractivity contribution in [3.05, 3.63) is 33.5 Å². The van der Waals surface area contributed by atoms with Crippen LogP contribution in [0.3, 0.4) is 0 Å². The molecule has 7 heteroatoms. The summed E-state index contributed by atoms with van der Waals surface area (Å²) < 4.78 is 7.93. The lowest BCUT2D eigenvalue weighted by Gasteiger charge is -2.09. The molecule has 4 nitrogen and oxygen atoms in total. The molecule has 0 saturated carbocycles. The second-order valence-corrected chi connectivity index (χ2v) is 5.50. The van der Waals surface area contributed by atoms with E-state index in [1.54, 1.807) is 7.11 Å². The summed E-state index contributed by atoms with van der Waals surface area (Å²) in [6.07, 6.45) is 0. The number of methoxy groups -OCH3 is 1. The molecule has 0 spiro atoms. The number of aromatic nitrogens is 3. The molecule has 2 aromatic rings. The van der Waals surface area contributed by atoms with Crippen molar-refractivity contribution < 1.29 is 4.74 Å². The van der Waals surface area contributed by atoms with Crippen molar-refractivity contribution in [2.24, 2.45) is 0 Å². The first-order valence-electron chi connectivity index (χ1n) is 5.59. The molecule has 0 aliphatic rings. The van der Waals surface area contributed by atoms with Crippen LogP contribution in [0.1, 0.15) is 5.82 Å². The number of benzene rings is 1. The molecule has 0 fully saturated rings. The van der Waals surface area contributed by atoms with E-state index >= 15 is 0 Å². The fourth-order valence-corrected chi connectivity index (χ4v) is 2.81. The van der Waals surface area contributed by atoms with Crippen LogP contribution >= 0.6 is 39.1 Å². The first-order valence-corrected chi connectivity index (χ1v) is 7.29. The summed E-state index contributed by atoms with van der Waals surface area (Å²) >= 11 is 15.4. The summed E-state index contributed by atoms with van der Waals surface area (Å²) in [7, 11) is 1.65. The molecule has 1 aromatic heterocycles. The summed E-state index contributed by atoms with van der Waals surface area (Å²) in [5.41, 5.74) is 0.888. The monoisotopic (exact) mass is 363 g/mol. The molecular formula is C12H12BrCl2N3O. The number of hydrogen-bond donors (Lipinski definition) is 0. The maximum atomic E-state index is 6.06. The highest BCUT2D eigenvalue weighted by Crippen LogP contribution is 2.27. The van der Waals surface area contributed by atoms with Crippen molar-refractivity contribution in [2.75, 3.05) is 13.7 Å². The van der Waals surface area contributed by atoms with Crippen LogP contribution in [0.25, 0.3) is 11.4 Å². The Morgan fingerprint density at radius 2 is 2.11 bits per heavy atom. The average Bonchev–Trinajstić information content (AvgIpc) is 2.77. The van der Waals surface area contributed by atoms with Crippen LogP contribution in [-0.2, 0) is 17.2 Å². The predicted molar refractivity (Wildman–Crippen MR) is 79.6 cm³/mol. The second kappa shape index (κ2) is 6.70. The third kappa shape index (κ3) is 3.48. The number of hydrogen-bond acceptors (Lipinski definition) is 3. The van der Waals surface area contributed by atoms with Crippen LogP contribution in [0.4, 0.5) is 0 Å². The van der Waals surface area contributed by atoms with Gasteiger partial charge in [0, 0.05) is 28.7 Å². The van der Waals surface area contributed by atoms with Gasteiger partial charge in [-0.05, 0) is 18.2 Å². The second-order valence-electron chi connectivity index (χ2n) is 3.88. The van der Waals surface area contributed by atoms with Crippen LogP contribution < -0.4 is 0 Å². The molecule has 1 aromatic carbocycles. The molecule has 0 radical (unpaired) electrons. The first kappa shape index (κ1) is 14.8. The van der Waals surface area contributed by atoms with Gasteiger partial charge in [0.2, 0.25) is 0 Å². The normalized spacial score (nSPS) is 10.9. The van der Waals surface area contributed by atoms with E-state index in [1.165, 1.54) is 0 Å². The van der Waals surface area contributed by atoms with Crippen molar-refractivity contribution in [1.29, 1.82) is 0 Å². The molecule has 0 aliphatic heterocycles. The Balaban J connectivity index is 2.45. The zero-order valence-electron chi connectivity index (χ0n) is 10.2. The lowest BCUT2D eigenvalue weighted by atomic mass is 10.2. The highest BCUT2D eigenvalue weighted by atomic mass is 79.9. The average molecular weight is 365 g/mol. The van der Waals surface area contributed by atoms with Crippen LogP contribution in [0, 0.1) is 0 Å². The molecule has 0 amide bonds. The third-order valence-electron chi connectivity index (χ3n) is 2.59. The summed E-state index contributed by atoms with van der Waals surface area (Å²) in [6.45, 7) is 1.21. The number of alkyl halides is 1. The van der Waals surface area contributed by atoms with E-state index < -0.39 is 0 Å². The van der Waals surface area contributed by atoms with Crippen LogP contribution in [0.15, 0.2) is 22.7 Å². The maximum absolute atomic E-state index is 6.06. The molecule has 2 rings (SSSR count). The van der Waals surface area contributed by atoms with E-state index in [2.05, 4.69) is 26.1 Å². The Morgan fingerprint density at radius 1 is 1.32 bits per heavy atom. The van der Waals surface area contributed by atoms with Crippen molar-refractivity contribution in [2.45, 2.75) is 12.4 Å². The smallest absolute Gasteiger partial charge is 0.164 e. The summed E-state index contributed by atoms with van der Waals surface area (Å²) in [6, 6.07) is 5.61. The predicted octanol–water partition coefficient (Wildman–Crippen LogP) is 3.75. The van der Waals surface area contributed by atoms with Crippen molar-refractivity contribution in [1.82, 2.24) is 14.8 Å². The molecule has 102 valence electrons. The van der Waals surface area contributed by atoms with Crippen LogP contribution in [0.5, 0.6) is 0 Å². The molecule has 0 atom stereocenters. The molecule has 19 heavy (non-hydrogen) atoms. The van der Waals surface area contributed by atoms with E-state index in [1.807, 2.05) is 22.8 Å². The van der Waals surface area contributed by atoms with Gasteiger partial charge >= 0.3 is 0 Å². The molecule has 0 aliphatic carbocycles. The molecule has 0 bridgehead atoms. The molecule has 1 heterocycles. The van der Waals surface area contributed by atoms with Crippen LogP contribution in [0.2, 0.25) is 5.02 Å². The van der Waals surface area contributed by atoms with Gasteiger partial charge in [0.25, 0.3) is 0 Å². The van der Waals surface area contributed by atoms with E-state index in [4.69, 9.17) is 27.9 Å². The Morgan fingerprint density at radius 3 is 2.74 bits per heavy atom. The molecule has 0 N–H and O–H groups in total. The Hall–Kier alpha value is -0.620.